The summed E-state index contributed by atoms with van der Waals surface area (Å²) in [5, 5.41) is 3.26. The third-order valence-electron chi connectivity index (χ3n) is 3.32. The summed E-state index contributed by atoms with van der Waals surface area (Å²) in [5.41, 5.74) is 0. The SMILES string of the molecule is CCNc1cc(N(CC)CC(C)CC)nc(COC)n1. The van der Waals surface area contributed by atoms with Crippen molar-refractivity contribution in [1.29, 1.82) is 0 Å². The van der Waals surface area contributed by atoms with Crippen LogP contribution < -0.4 is 10.2 Å². The Balaban J connectivity index is 2.99. The van der Waals surface area contributed by atoms with E-state index < -0.39 is 0 Å². The van der Waals surface area contributed by atoms with Crippen LogP contribution in [0.1, 0.15) is 39.9 Å². The Morgan fingerprint density at radius 3 is 2.60 bits per heavy atom. The summed E-state index contributed by atoms with van der Waals surface area (Å²) in [7, 11) is 1.67. The van der Waals surface area contributed by atoms with Gasteiger partial charge in [0.2, 0.25) is 0 Å². The minimum absolute atomic E-state index is 0.438. The number of rotatable bonds is 9. The molecule has 0 bridgehead atoms. The van der Waals surface area contributed by atoms with Crippen LogP contribution in [0.25, 0.3) is 0 Å². The normalized spacial score (nSPS) is 12.2. The molecule has 5 heteroatoms. The van der Waals surface area contributed by atoms with Gasteiger partial charge >= 0.3 is 0 Å². The van der Waals surface area contributed by atoms with Crippen molar-refractivity contribution in [3.63, 3.8) is 0 Å². The predicted octanol–water partition coefficient (Wildman–Crippen LogP) is 2.93. The first-order chi connectivity index (χ1) is 9.64. The number of hydrogen-bond donors (Lipinski definition) is 1. The second-order valence-electron chi connectivity index (χ2n) is 5.04. The molecule has 20 heavy (non-hydrogen) atoms. The topological polar surface area (TPSA) is 50.3 Å². The number of aromatic nitrogens is 2. The zero-order valence-electron chi connectivity index (χ0n) is 13.4. The van der Waals surface area contributed by atoms with Crippen molar-refractivity contribution < 1.29 is 4.74 Å². The molecule has 5 nitrogen and oxygen atoms in total. The first-order valence-corrected chi connectivity index (χ1v) is 7.50. The summed E-state index contributed by atoms with van der Waals surface area (Å²) in [5.74, 6) is 3.22. The fourth-order valence-corrected chi connectivity index (χ4v) is 2.00. The maximum atomic E-state index is 5.16. The lowest BCUT2D eigenvalue weighted by Gasteiger charge is -2.25. The number of hydrogen-bond acceptors (Lipinski definition) is 5. The molecule has 1 aromatic heterocycles. The highest BCUT2D eigenvalue weighted by molar-refractivity contribution is 5.49. The number of nitrogens with zero attached hydrogens (tertiary/aromatic N) is 3. The molecule has 0 radical (unpaired) electrons. The van der Waals surface area contributed by atoms with Gasteiger partial charge in [-0.15, -0.1) is 0 Å². The fourth-order valence-electron chi connectivity index (χ4n) is 2.00. The van der Waals surface area contributed by atoms with Gasteiger partial charge in [0, 0.05) is 32.8 Å². The van der Waals surface area contributed by atoms with Crippen molar-refractivity contribution in [2.24, 2.45) is 5.92 Å². The van der Waals surface area contributed by atoms with Crippen LogP contribution in [0, 0.1) is 5.92 Å². The molecule has 0 spiro atoms. The smallest absolute Gasteiger partial charge is 0.158 e. The third kappa shape index (κ3) is 4.96. The first kappa shape index (κ1) is 16.7. The minimum Gasteiger partial charge on any atom is -0.377 e. The molecule has 0 aromatic carbocycles. The quantitative estimate of drug-likeness (QED) is 0.753. The summed E-state index contributed by atoms with van der Waals surface area (Å²) in [4.78, 5) is 11.4. The van der Waals surface area contributed by atoms with Gasteiger partial charge < -0.3 is 15.0 Å². The average Bonchev–Trinajstić information content (AvgIpc) is 2.44. The number of nitrogens with one attached hydrogen (secondary N) is 1. The van der Waals surface area contributed by atoms with Gasteiger partial charge in [-0.3, -0.25) is 0 Å². The summed E-state index contributed by atoms with van der Waals surface area (Å²) < 4.78 is 5.16. The lowest BCUT2D eigenvalue weighted by Crippen LogP contribution is -2.29. The molecule has 0 saturated heterocycles. The van der Waals surface area contributed by atoms with Gasteiger partial charge in [0.1, 0.15) is 18.2 Å². The molecular formula is C15H28N4O. The lowest BCUT2D eigenvalue weighted by atomic mass is 10.1. The highest BCUT2D eigenvalue weighted by Gasteiger charge is 2.12. The Morgan fingerprint density at radius 1 is 1.30 bits per heavy atom. The highest BCUT2D eigenvalue weighted by Crippen LogP contribution is 2.18. The molecule has 1 heterocycles. The molecule has 0 aliphatic rings. The van der Waals surface area contributed by atoms with E-state index in [9.17, 15) is 0 Å². The predicted molar refractivity (Wildman–Crippen MR) is 84.3 cm³/mol. The number of ether oxygens (including phenoxy) is 1. The van der Waals surface area contributed by atoms with E-state index in [1.165, 1.54) is 6.42 Å². The maximum absolute atomic E-state index is 5.16. The van der Waals surface area contributed by atoms with E-state index in [-0.39, 0.29) is 0 Å². The van der Waals surface area contributed by atoms with E-state index >= 15 is 0 Å². The van der Waals surface area contributed by atoms with Crippen LogP contribution in [0.15, 0.2) is 6.07 Å². The molecule has 1 rings (SSSR count). The Kier molecular flexibility index (Phi) is 7.30. The van der Waals surface area contributed by atoms with E-state index in [0.717, 1.165) is 37.1 Å². The van der Waals surface area contributed by atoms with Crippen molar-refractivity contribution in [2.75, 3.05) is 37.0 Å². The molecule has 1 unspecified atom stereocenters. The van der Waals surface area contributed by atoms with E-state index in [1.807, 2.05) is 6.07 Å². The van der Waals surface area contributed by atoms with E-state index in [4.69, 9.17) is 4.74 Å². The Morgan fingerprint density at radius 2 is 2.05 bits per heavy atom. The molecule has 0 aliphatic heterocycles. The molecule has 114 valence electrons. The van der Waals surface area contributed by atoms with E-state index in [0.29, 0.717) is 12.5 Å². The van der Waals surface area contributed by atoms with Gasteiger partial charge in [0.15, 0.2) is 5.82 Å². The van der Waals surface area contributed by atoms with Crippen LogP contribution in [0.2, 0.25) is 0 Å². The molecule has 0 saturated carbocycles. The molecule has 1 atom stereocenters. The van der Waals surface area contributed by atoms with Crippen LogP contribution in [-0.2, 0) is 11.3 Å². The molecule has 0 fully saturated rings. The van der Waals surface area contributed by atoms with Crippen LogP contribution in [-0.4, -0.2) is 36.7 Å². The summed E-state index contributed by atoms with van der Waals surface area (Å²) in [6.45, 7) is 12.0. The van der Waals surface area contributed by atoms with E-state index in [2.05, 4.69) is 47.9 Å². The molecule has 1 N–H and O–H groups in total. The van der Waals surface area contributed by atoms with Crippen molar-refractivity contribution in [1.82, 2.24) is 9.97 Å². The van der Waals surface area contributed by atoms with Crippen molar-refractivity contribution in [3.8, 4) is 0 Å². The lowest BCUT2D eigenvalue weighted by molar-refractivity contribution is 0.178. The van der Waals surface area contributed by atoms with Gasteiger partial charge in [-0.05, 0) is 19.8 Å². The highest BCUT2D eigenvalue weighted by atomic mass is 16.5. The Labute approximate surface area is 122 Å². The monoisotopic (exact) mass is 280 g/mol. The van der Waals surface area contributed by atoms with Crippen molar-refractivity contribution >= 4 is 11.6 Å². The first-order valence-electron chi connectivity index (χ1n) is 7.50. The van der Waals surface area contributed by atoms with Crippen LogP contribution in [0.3, 0.4) is 0 Å². The number of anilines is 2. The fraction of sp³-hybridized carbons (Fsp3) is 0.733. The average molecular weight is 280 g/mol. The zero-order chi connectivity index (χ0) is 15.0. The standard InChI is InChI=1S/C15H28N4O/c1-6-12(4)10-19(8-3)15-9-13(16-7-2)17-14(18-15)11-20-5/h9,12H,6-8,10-11H2,1-5H3,(H,16,17,18). The zero-order valence-corrected chi connectivity index (χ0v) is 13.4. The second kappa shape index (κ2) is 8.74. The van der Waals surface area contributed by atoms with Gasteiger partial charge in [-0.1, -0.05) is 20.3 Å². The van der Waals surface area contributed by atoms with Crippen LogP contribution in [0.5, 0.6) is 0 Å². The summed E-state index contributed by atoms with van der Waals surface area (Å²) >= 11 is 0. The molecule has 0 amide bonds. The van der Waals surface area contributed by atoms with Gasteiger partial charge in [0.25, 0.3) is 0 Å². The van der Waals surface area contributed by atoms with Crippen LogP contribution in [0.4, 0.5) is 11.6 Å². The Hall–Kier alpha value is -1.36. The Bertz CT molecular complexity index is 373. The van der Waals surface area contributed by atoms with Gasteiger partial charge in [-0.25, -0.2) is 9.97 Å². The van der Waals surface area contributed by atoms with Gasteiger partial charge in [0.05, 0.1) is 0 Å². The minimum atomic E-state index is 0.438. The summed E-state index contributed by atoms with van der Waals surface area (Å²) in [6, 6.07) is 2.02. The van der Waals surface area contributed by atoms with Gasteiger partial charge in [-0.2, -0.15) is 0 Å². The maximum Gasteiger partial charge on any atom is 0.158 e. The van der Waals surface area contributed by atoms with Crippen molar-refractivity contribution in [2.45, 2.75) is 40.7 Å². The molecule has 1 aromatic rings. The largest absolute Gasteiger partial charge is 0.377 e. The molecule has 0 aliphatic carbocycles. The van der Waals surface area contributed by atoms with E-state index in [1.54, 1.807) is 7.11 Å². The molecular weight excluding hydrogens is 252 g/mol. The number of methoxy groups -OCH3 is 1. The van der Waals surface area contributed by atoms with Crippen molar-refractivity contribution in [3.05, 3.63) is 11.9 Å². The third-order valence-corrected chi connectivity index (χ3v) is 3.32. The van der Waals surface area contributed by atoms with Crippen LogP contribution >= 0.6 is 0 Å². The second-order valence-corrected chi connectivity index (χ2v) is 5.04. The summed E-state index contributed by atoms with van der Waals surface area (Å²) in [6.07, 6.45) is 1.17.